The minimum absolute atomic E-state index is 0.0697. The SMILES string of the molecule is Cc1ccccc1CN1C(=O)C(C2=NS(=O)(=O)c3cc(NS(C)(=O)=O)ccc3N2)=C(O)[C@@H]2[C@H]3CC[C@H](C3)[C@@H]21. The van der Waals surface area contributed by atoms with Crippen LogP contribution in [-0.4, -0.2) is 50.9 Å². The molecule has 2 bridgehead atoms. The second-order valence-electron chi connectivity index (χ2n) is 10.6. The molecule has 200 valence electrons. The number of sulfonamides is 2. The fraction of sp³-hybridized carbons (Fsp3) is 0.385. The Morgan fingerprint density at radius 1 is 1.16 bits per heavy atom. The van der Waals surface area contributed by atoms with Crippen molar-refractivity contribution in [2.75, 3.05) is 16.3 Å². The summed E-state index contributed by atoms with van der Waals surface area (Å²) in [5.74, 6) is -0.563. The quantitative estimate of drug-likeness (QED) is 0.513. The molecule has 2 aromatic carbocycles. The third-order valence-electron chi connectivity index (χ3n) is 8.15. The van der Waals surface area contributed by atoms with Gasteiger partial charge in [-0.25, -0.2) is 8.42 Å². The van der Waals surface area contributed by atoms with Crippen molar-refractivity contribution in [1.29, 1.82) is 0 Å². The van der Waals surface area contributed by atoms with Crippen LogP contribution in [0.4, 0.5) is 11.4 Å². The van der Waals surface area contributed by atoms with Crippen LogP contribution in [0.5, 0.6) is 0 Å². The van der Waals surface area contributed by atoms with Crippen LogP contribution in [0.15, 0.2) is 63.1 Å². The van der Waals surface area contributed by atoms with Crippen LogP contribution in [0, 0.1) is 24.7 Å². The van der Waals surface area contributed by atoms with Gasteiger partial charge in [0.25, 0.3) is 15.9 Å². The van der Waals surface area contributed by atoms with Crippen LogP contribution in [-0.2, 0) is 31.4 Å². The van der Waals surface area contributed by atoms with Gasteiger partial charge < -0.3 is 15.3 Å². The summed E-state index contributed by atoms with van der Waals surface area (Å²) in [7, 11) is -7.93. The number of amidine groups is 1. The van der Waals surface area contributed by atoms with Gasteiger partial charge in [0.2, 0.25) is 10.0 Å². The minimum atomic E-state index is -4.31. The zero-order chi connectivity index (χ0) is 27.0. The average Bonchev–Trinajstić information content (AvgIpc) is 3.44. The second-order valence-corrected chi connectivity index (χ2v) is 13.9. The number of fused-ring (bicyclic) bond motifs is 6. The Labute approximate surface area is 221 Å². The lowest BCUT2D eigenvalue weighted by Crippen LogP contribution is -2.53. The van der Waals surface area contributed by atoms with Crippen LogP contribution >= 0.6 is 0 Å². The molecule has 2 heterocycles. The third-order valence-corrected chi connectivity index (χ3v) is 10.1. The molecule has 4 atom stereocenters. The van der Waals surface area contributed by atoms with Gasteiger partial charge in [-0.2, -0.15) is 8.42 Å². The Balaban J connectivity index is 1.42. The van der Waals surface area contributed by atoms with E-state index in [0.717, 1.165) is 36.6 Å². The van der Waals surface area contributed by atoms with Gasteiger partial charge in [-0.15, -0.1) is 4.40 Å². The molecule has 6 rings (SSSR count). The largest absolute Gasteiger partial charge is 0.511 e. The topological polar surface area (TPSA) is 145 Å². The molecule has 0 unspecified atom stereocenters. The number of aliphatic hydroxyl groups is 1. The Morgan fingerprint density at radius 3 is 2.63 bits per heavy atom. The van der Waals surface area contributed by atoms with Gasteiger partial charge >= 0.3 is 0 Å². The number of nitrogens with zero attached hydrogens (tertiary/aromatic N) is 2. The predicted molar refractivity (Wildman–Crippen MR) is 143 cm³/mol. The van der Waals surface area contributed by atoms with Crippen LogP contribution in [0.3, 0.4) is 0 Å². The van der Waals surface area contributed by atoms with E-state index >= 15 is 0 Å². The van der Waals surface area contributed by atoms with Gasteiger partial charge in [0, 0.05) is 24.2 Å². The first-order chi connectivity index (χ1) is 17.9. The summed E-state index contributed by atoms with van der Waals surface area (Å²) in [6.45, 7) is 2.34. The molecule has 2 saturated carbocycles. The van der Waals surface area contributed by atoms with Crippen LogP contribution in [0.25, 0.3) is 0 Å². The Hall–Kier alpha value is -3.38. The first-order valence-electron chi connectivity index (χ1n) is 12.5. The molecule has 0 spiro atoms. The van der Waals surface area contributed by atoms with E-state index < -0.39 is 26.0 Å². The van der Waals surface area contributed by atoms with E-state index in [1.54, 1.807) is 4.90 Å². The first kappa shape index (κ1) is 24.9. The molecule has 2 aliphatic carbocycles. The highest BCUT2D eigenvalue weighted by molar-refractivity contribution is 7.92. The lowest BCUT2D eigenvalue weighted by Gasteiger charge is -2.44. The van der Waals surface area contributed by atoms with Gasteiger partial charge in [0.1, 0.15) is 16.2 Å². The van der Waals surface area contributed by atoms with E-state index in [9.17, 15) is 26.7 Å². The van der Waals surface area contributed by atoms with E-state index in [-0.39, 0.29) is 57.2 Å². The zero-order valence-electron chi connectivity index (χ0n) is 20.9. The molecule has 4 aliphatic rings. The fourth-order valence-corrected chi connectivity index (χ4v) is 8.27. The van der Waals surface area contributed by atoms with Crippen molar-refractivity contribution in [3.63, 3.8) is 0 Å². The number of benzene rings is 2. The maximum atomic E-state index is 14.0. The lowest BCUT2D eigenvalue weighted by molar-refractivity contribution is -0.134. The van der Waals surface area contributed by atoms with E-state index in [1.165, 1.54) is 18.2 Å². The molecule has 2 fully saturated rings. The fourth-order valence-electron chi connectivity index (χ4n) is 6.57. The first-order valence-corrected chi connectivity index (χ1v) is 15.8. The second kappa shape index (κ2) is 8.57. The van der Waals surface area contributed by atoms with E-state index in [0.29, 0.717) is 6.54 Å². The summed E-state index contributed by atoms with van der Waals surface area (Å²) in [6, 6.07) is 11.7. The number of rotatable bonds is 5. The molecule has 12 heteroatoms. The number of carbonyl (C=O) groups excluding carboxylic acids is 1. The highest BCUT2D eigenvalue weighted by Crippen LogP contribution is 2.55. The predicted octanol–water partition coefficient (Wildman–Crippen LogP) is 3.15. The summed E-state index contributed by atoms with van der Waals surface area (Å²) >= 11 is 0. The number of anilines is 2. The number of aryl methyl sites for hydroxylation is 1. The number of nitrogens with one attached hydrogen (secondary N) is 2. The average molecular weight is 557 g/mol. The van der Waals surface area contributed by atoms with Crippen molar-refractivity contribution in [2.24, 2.45) is 22.2 Å². The van der Waals surface area contributed by atoms with Crippen molar-refractivity contribution in [2.45, 2.75) is 43.7 Å². The zero-order valence-corrected chi connectivity index (χ0v) is 22.5. The summed E-state index contributed by atoms with van der Waals surface area (Å²) < 4.78 is 55.8. The maximum absolute atomic E-state index is 14.0. The molecular weight excluding hydrogens is 528 g/mol. The summed E-state index contributed by atoms with van der Waals surface area (Å²) in [6.07, 6.45) is 3.83. The molecule has 2 aliphatic heterocycles. The third kappa shape index (κ3) is 4.06. The molecule has 0 aromatic heterocycles. The monoisotopic (exact) mass is 556 g/mol. The number of hydrogen-bond acceptors (Lipinski definition) is 7. The number of hydrogen-bond donors (Lipinski definition) is 3. The Kier molecular flexibility index (Phi) is 5.62. The van der Waals surface area contributed by atoms with Gasteiger partial charge in [0.15, 0.2) is 5.84 Å². The normalized spacial score (nSPS) is 27.5. The molecule has 38 heavy (non-hydrogen) atoms. The van der Waals surface area contributed by atoms with Crippen molar-refractivity contribution in [1.82, 2.24) is 4.90 Å². The highest BCUT2D eigenvalue weighted by Gasteiger charge is 2.57. The maximum Gasteiger partial charge on any atom is 0.286 e. The van der Waals surface area contributed by atoms with Crippen molar-refractivity contribution >= 4 is 43.2 Å². The van der Waals surface area contributed by atoms with E-state index in [1.807, 2.05) is 31.2 Å². The number of aliphatic hydroxyl groups excluding tert-OH is 1. The van der Waals surface area contributed by atoms with E-state index in [4.69, 9.17) is 0 Å². The number of carbonyl (C=O) groups is 1. The van der Waals surface area contributed by atoms with Gasteiger partial charge in [-0.1, -0.05) is 24.3 Å². The molecule has 0 radical (unpaired) electrons. The lowest BCUT2D eigenvalue weighted by atomic mass is 9.77. The summed E-state index contributed by atoms with van der Waals surface area (Å²) in [5, 5.41) is 14.4. The van der Waals surface area contributed by atoms with Crippen molar-refractivity contribution in [3.05, 3.63) is 64.9 Å². The van der Waals surface area contributed by atoms with Crippen LogP contribution in [0.2, 0.25) is 0 Å². The molecular formula is C26H28N4O6S2. The Morgan fingerprint density at radius 2 is 1.89 bits per heavy atom. The van der Waals surface area contributed by atoms with Gasteiger partial charge in [-0.05, 0) is 67.3 Å². The minimum Gasteiger partial charge on any atom is -0.511 e. The molecule has 1 amide bonds. The smallest absolute Gasteiger partial charge is 0.286 e. The Bertz CT molecular complexity index is 1650. The standard InChI is InChI=1S/C26H28N4O6S2/c1-14-5-3-4-6-17(14)13-30-23-16-8-7-15(11-16)21(23)24(31)22(26(30)32)25-27-19-10-9-18(28-37(2,33)34)12-20(19)38(35,36)29-25/h3-6,9-10,12,15-16,21,23,28,31H,7-8,11,13H2,1-2H3,(H,27,29)/t15-,16+,21+,23-/m0/s1. The van der Waals surface area contributed by atoms with Gasteiger partial charge in [0.05, 0.1) is 11.9 Å². The molecule has 0 saturated heterocycles. The molecule has 2 aromatic rings. The van der Waals surface area contributed by atoms with Crippen LogP contribution < -0.4 is 10.0 Å². The highest BCUT2D eigenvalue weighted by atomic mass is 32.2. The van der Waals surface area contributed by atoms with Crippen molar-refractivity contribution in [3.8, 4) is 0 Å². The van der Waals surface area contributed by atoms with Gasteiger partial charge in [-0.3, -0.25) is 9.52 Å². The summed E-state index contributed by atoms with van der Waals surface area (Å²) in [5.41, 5.74) is 2.12. The van der Waals surface area contributed by atoms with Crippen LogP contribution in [0.1, 0.15) is 30.4 Å². The number of amides is 1. The summed E-state index contributed by atoms with van der Waals surface area (Å²) in [4.78, 5) is 15.6. The molecule has 3 N–H and O–H groups in total. The molecule has 10 nitrogen and oxygen atoms in total. The van der Waals surface area contributed by atoms with E-state index in [2.05, 4.69) is 14.4 Å². The van der Waals surface area contributed by atoms with Crippen molar-refractivity contribution < 1.29 is 26.7 Å².